The van der Waals surface area contributed by atoms with Gasteiger partial charge in [-0.25, -0.2) is 0 Å². The third-order valence-corrected chi connectivity index (χ3v) is 3.69. The Morgan fingerprint density at radius 2 is 1.33 bits per heavy atom. The van der Waals surface area contributed by atoms with Gasteiger partial charge in [0.25, 0.3) is 0 Å². The van der Waals surface area contributed by atoms with Crippen molar-refractivity contribution in [1.82, 2.24) is 0 Å². The van der Waals surface area contributed by atoms with Crippen LogP contribution < -0.4 is 0 Å². The first-order chi connectivity index (χ1) is 7.12. The normalized spacial score (nSPS) is 12.0. The van der Waals surface area contributed by atoms with E-state index in [1.54, 1.807) is 0 Å². The molecule has 0 aliphatic carbocycles. The maximum absolute atomic E-state index is 11.5. The van der Waals surface area contributed by atoms with Crippen molar-refractivity contribution in [3.63, 3.8) is 0 Å². The van der Waals surface area contributed by atoms with Crippen LogP contribution in [0.25, 0.3) is 0 Å². The van der Waals surface area contributed by atoms with Crippen LogP contribution in [0.1, 0.15) is 52.4 Å². The van der Waals surface area contributed by atoms with Gasteiger partial charge in [-0.15, -0.1) is 0 Å². The Kier molecular flexibility index (Phi) is 10.3. The van der Waals surface area contributed by atoms with E-state index in [4.69, 9.17) is 9.05 Å². The minimum absolute atomic E-state index is 0.457. The molecule has 0 radical (unpaired) electrons. The quantitative estimate of drug-likeness (QED) is 0.344. The molecule has 15 heavy (non-hydrogen) atoms. The van der Waals surface area contributed by atoms with Crippen LogP contribution in [0.5, 0.6) is 0 Å². The van der Waals surface area contributed by atoms with E-state index in [9.17, 15) is 4.57 Å². The monoisotopic (exact) mass is 279 g/mol. The molecule has 0 heterocycles. The molecule has 0 fully saturated rings. The summed E-state index contributed by atoms with van der Waals surface area (Å²) in [5.74, 6) is 0. The van der Waals surface area contributed by atoms with Gasteiger partial charge >= 0.3 is 101 Å². The van der Waals surface area contributed by atoms with E-state index in [0.29, 0.717) is 13.2 Å². The van der Waals surface area contributed by atoms with Crippen molar-refractivity contribution in [1.29, 1.82) is 0 Å². The zero-order chi connectivity index (χ0) is 11.6. The first-order valence-corrected chi connectivity index (χ1v) is 8.38. The maximum atomic E-state index is 11.5. The molecule has 0 aliphatic heterocycles. The fourth-order valence-corrected chi connectivity index (χ4v) is 2.36. The van der Waals surface area contributed by atoms with Gasteiger partial charge in [-0.3, -0.25) is 0 Å². The van der Waals surface area contributed by atoms with Gasteiger partial charge in [-0.1, -0.05) is 0 Å². The summed E-state index contributed by atoms with van der Waals surface area (Å²) in [6, 6.07) is 0. The fourth-order valence-electron chi connectivity index (χ4n) is 1.08. The molecule has 0 spiro atoms. The second-order valence-electron chi connectivity index (χ2n) is 3.48. The Bertz CT molecular complexity index is 172. The van der Waals surface area contributed by atoms with Crippen molar-refractivity contribution in [2.75, 3.05) is 13.2 Å². The summed E-state index contributed by atoms with van der Waals surface area (Å²) in [5, 5.41) is 0. The molecule has 0 unspecified atom stereocenters. The molecule has 0 bridgehead atoms. The third-order valence-electron chi connectivity index (χ3n) is 1.97. The van der Waals surface area contributed by atoms with Gasteiger partial charge in [0.2, 0.25) is 0 Å². The molecule has 0 saturated heterocycles. The van der Waals surface area contributed by atoms with Crippen molar-refractivity contribution in [3.8, 4) is 0 Å². The van der Waals surface area contributed by atoms with Crippen molar-refractivity contribution < 1.29 is 28.6 Å². The fraction of sp³-hybridized carbons (Fsp3) is 1.00. The molecule has 0 aromatic heterocycles. The van der Waals surface area contributed by atoms with Crippen LogP contribution in [0.2, 0.25) is 0 Å². The van der Waals surface area contributed by atoms with Crippen LogP contribution in [0, 0.1) is 0 Å². The van der Waals surface area contributed by atoms with E-state index in [0.717, 1.165) is 38.5 Å². The summed E-state index contributed by atoms with van der Waals surface area (Å²) in [6.45, 7) is 5.13. The van der Waals surface area contributed by atoms with Crippen molar-refractivity contribution >= 4 is 6.37 Å². The van der Waals surface area contributed by atoms with Gasteiger partial charge in [0.15, 0.2) is 0 Å². The molecule has 3 nitrogen and oxygen atoms in total. The van der Waals surface area contributed by atoms with Crippen molar-refractivity contribution in [3.05, 3.63) is 0 Å². The van der Waals surface area contributed by atoms with Crippen LogP contribution in [-0.4, -0.2) is 13.2 Å². The molecule has 0 aromatic carbocycles. The second kappa shape index (κ2) is 9.84. The topological polar surface area (TPSA) is 35.5 Å². The molecular formula is C10H22NiO3P. The SMILES string of the molecule is CCCCCO[P](=O)([Ni])OCCCCC. The average Bonchev–Trinajstić information content (AvgIpc) is 2.20. The summed E-state index contributed by atoms with van der Waals surface area (Å²) in [7, 11) is 0. The summed E-state index contributed by atoms with van der Waals surface area (Å²) < 4.78 is 21.7. The van der Waals surface area contributed by atoms with Gasteiger partial charge in [0.05, 0.1) is 0 Å². The molecule has 0 atom stereocenters. The van der Waals surface area contributed by atoms with Gasteiger partial charge in [-0.2, -0.15) is 0 Å². The summed E-state index contributed by atoms with van der Waals surface area (Å²) in [6.07, 6.45) is 3.05. The average molecular weight is 280 g/mol. The molecular weight excluding hydrogens is 258 g/mol. The van der Waals surface area contributed by atoms with Gasteiger partial charge in [-0.05, 0) is 0 Å². The third kappa shape index (κ3) is 10.9. The van der Waals surface area contributed by atoms with Crippen LogP contribution >= 0.6 is 6.37 Å². The molecule has 0 rings (SSSR count). The van der Waals surface area contributed by atoms with E-state index in [2.05, 4.69) is 28.9 Å². The number of hydrogen-bond donors (Lipinski definition) is 0. The van der Waals surface area contributed by atoms with Crippen LogP contribution in [0.15, 0.2) is 0 Å². The molecule has 95 valence electrons. The van der Waals surface area contributed by atoms with E-state index < -0.39 is 6.37 Å². The molecule has 0 aliphatic rings. The summed E-state index contributed by atoms with van der Waals surface area (Å²) in [5.41, 5.74) is 0. The Hall–Kier alpha value is 0.644. The van der Waals surface area contributed by atoms with E-state index in [1.165, 1.54) is 0 Å². The van der Waals surface area contributed by atoms with E-state index >= 15 is 0 Å². The van der Waals surface area contributed by atoms with Crippen molar-refractivity contribution in [2.45, 2.75) is 52.4 Å². The Labute approximate surface area is 101 Å². The standard InChI is InChI=1S/C10H22O3P.Ni/c1-3-5-7-9-12-14(11)13-10-8-6-4-2;/h3-10H2,1-2H3;/q+1;-1. The minimum atomic E-state index is -3.15. The molecule has 0 saturated carbocycles. The number of rotatable bonds is 10. The van der Waals surface area contributed by atoms with E-state index in [1.807, 2.05) is 0 Å². The Morgan fingerprint density at radius 3 is 1.67 bits per heavy atom. The summed E-state index contributed by atoms with van der Waals surface area (Å²) in [4.78, 5) is 0. The van der Waals surface area contributed by atoms with E-state index in [-0.39, 0.29) is 0 Å². The van der Waals surface area contributed by atoms with Gasteiger partial charge < -0.3 is 0 Å². The van der Waals surface area contributed by atoms with Crippen LogP contribution in [-0.2, 0) is 28.6 Å². The Balaban J connectivity index is 3.45. The number of hydrogen-bond acceptors (Lipinski definition) is 3. The second-order valence-corrected chi connectivity index (χ2v) is 6.41. The first-order valence-electron chi connectivity index (χ1n) is 5.68. The molecule has 0 aromatic rings. The molecule has 5 heteroatoms. The predicted octanol–water partition coefficient (Wildman–Crippen LogP) is 4.05. The van der Waals surface area contributed by atoms with Crippen LogP contribution in [0.3, 0.4) is 0 Å². The Morgan fingerprint density at radius 1 is 0.933 bits per heavy atom. The predicted molar refractivity (Wildman–Crippen MR) is 58.6 cm³/mol. The zero-order valence-electron chi connectivity index (χ0n) is 9.65. The van der Waals surface area contributed by atoms with Gasteiger partial charge in [0, 0.05) is 0 Å². The number of unbranched alkanes of at least 4 members (excludes halogenated alkanes) is 4. The zero-order valence-corrected chi connectivity index (χ0v) is 11.5. The molecule has 0 N–H and O–H groups in total. The van der Waals surface area contributed by atoms with Crippen molar-refractivity contribution in [2.24, 2.45) is 0 Å². The van der Waals surface area contributed by atoms with Gasteiger partial charge in [0.1, 0.15) is 0 Å². The summed E-state index contributed by atoms with van der Waals surface area (Å²) >= 11 is 4.43. The first kappa shape index (κ1) is 15.6. The molecule has 0 amide bonds. The van der Waals surface area contributed by atoms with Crippen LogP contribution in [0.4, 0.5) is 0 Å².